The number of aryl methyl sites for hydroxylation is 1. The number of rotatable bonds is 4. The van der Waals surface area contributed by atoms with Crippen molar-refractivity contribution in [1.29, 1.82) is 0 Å². The molecule has 1 amide bonds. The summed E-state index contributed by atoms with van der Waals surface area (Å²) in [4.78, 5) is 38.0. The molecular formula is C22H15FN4O2. The summed E-state index contributed by atoms with van der Waals surface area (Å²) in [5.41, 5.74) is 1.76. The number of nitrogens with zero attached hydrogens (tertiary/aromatic N) is 3. The first-order valence-electron chi connectivity index (χ1n) is 8.80. The van der Waals surface area contributed by atoms with Gasteiger partial charge >= 0.3 is 0 Å². The summed E-state index contributed by atoms with van der Waals surface area (Å²) in [6, 6.07) is 12.9. The molecule has 0 fully saturated rings. The molecule has 0 bridgehead atoms. The summed E-state index contributed by atoms with van der Waals surface area (Å²) in [6.45, 7) is 1.82. The Labute approximate surface area is 165 Å². The lowest BCUT2D eigenvalue weighted by Gasteiger charge is -2.10. The molecule has 7 heteroatoms. The number of fused-ring (bicyclic) bond motifs is 1. The highest BCUT2D eigenvalue weighted by Crippen LogP contribution is 2.22. The van der Waals surface area contributed by atoms with Crippen molar-refractivity contribution in [1.82, 2.24) is 15.0 Å². The monoisotopic (exact) mass is 386 g/mol. The first kappa shape index (κ1) is 18.4. The van der Waals surface area contributed by atoms with Gasteiger partial charge in [-0.2, -0.15) is 0 Å². The molecule has 1 N–H and O–H groups in total. The van der Waals surface area contributed by atoms with Crippen LogP contribution < -0.4 is 5.32 Å². The second-order valence-corrected chi connectivity index (χ2v) is 6.44. The summed E-state index contributed by atoms with van der Waals surface area (Å²) in [5.74, 6) is -1.10. The molecule has 0 unspecified atom stereocenters. The van der Waals surface area contributed by atoms with Gasteiger partial charge in [0.25, 0.3) is 5.91 Å². The number of ketones is 1. The van der Waals surface area contributed by atoms with Gasteiger partial charge in [-0.25, -0.2) is 9.37 Å². The molecule has 142 valence electrons. The lowest BCUT2D eigenvalue weighted by molar-refractivity contribution is 0.102. The average molecular weight is 386 g/mol. The van der Waals surface area contributed by atoms with Crippen LogP contribution in [0.5, 0.6) is 0 Å². The summed E-state index contributed by atoms with van der Waals surface area (Å²) in [6.07, 6.45) is 3.88. The fraction of sp³-hybridized carbons (Fsp3) is 0.0455. The minimum atomic E-state index is -0.609. The summed E-state index contributed by atoms with van der Waals surface area (Å²) < 4.78 is 13.5. The molecule has 3 aromatic heterocycles. The van der Waals surface area contributed by atoms with E-state index < -0.39 is 17.5 Å². The van der Waals surface area contributed by atoms with Gasteiger partial charge in [0.05, 0.1) is 17.3 Å². The molecule has 3 heterocycles. The highest BCUT2D eigenvalue weighted by atomic mass is 19.1. The van der Waals surface area contributed by atoms with Crippen LogP contribution in [0.25, 0.3) is 10.9 Å². The second kappa shape index (κ2) is 7.55. The fourth-order valence-electron chi connectivity index (χ4n) is 3.00. The van der Waals surface area contributed by atoms with Gasteiger partial charge < -0.3 is 5.32 Å². The zero-order valence-electron chi connectivity index (χ0n) is 15.4. The molecule has 0 aliphatic heterocycles. The van der Waals surface area contributed by atoms with Gasteiger partial charge in [-0.05, 0) is 43.3 Å². The van der Waals surface area contributed by atoms with Crippen LogP contribution in [0, 0.1) is 12.7 Å². The predicted molar refractivity (Wildman–Crippen MR) is 106 cm³/mol. The zero-order valence-corrected chi connectivity index (χ0v) is 15.4. The molecule has 4 aromatic rings. The van der Waals surface area contributed by atoms with E-state index in [1.807, 2.05) is 13.0 Å². The van der Waals surface area contributed by atoms with E-state index in [1.54, 1.807) is 36.5 Å². The lowest BCUT2D eigenvalue weighted by Crippen LogP contribution is -2.15. The molecule has 0 atom stereocenters. The predicted octanol–water partition coefficient (Wildman–Crippen LogP) is 3.96. The highest BCUT2D eigenvalue weighted by molar-refractivity contribution is 6.16. The number of aromatic nitrogens is 3. The Bertz CT molecular complexity index is 1260. The molecule has 0 aliphatic carbocycles. The Morgan fingerprint density at radius 2 is 1.86 bits per heavy atom. The summed E-state index contributed by atoms with van der Waals surface area (Å²) in [5, 5.41) is 3.35. The van der Waals surface area contributed by atoms with Crippen LogP contribution in [-0.2, 0) is 0 Å². The highest BCUT2D eigenvalue weighted by Gasteiger charge is 2.18. The van der Waals surface area contributed by atoms with Crippen LogP contribution >= 0.6 is 0 Å². The number of benzene rings is 1. The molecule has 4 rings (SSSR count). The fourth-order valence-corrected chi connectivity index (χ4v) is 3.00. The van der Waals surface area contributed by atoms with Gasteiger partial charge in [0.15, 0.2) is 5.78 Å². The molecule has 1 aromatic carbocycles. The van der Waals surface area contributed by atoms with Crippen LogP contribution in [0.3, 0.4) is 0 Å². The van der Waals surface area contributed by atoms with E-state index in [9.17, 15) is 14.0 Å². The molecule has 0 saturated heterocycles. The van der Waals surface area contributed by atoms with Gasteiger partial charge in [-0.1, -0.05) is 12.1 Å². The van der Waals surface area contributed by atoms with E-state index in [2.05, 4.69) is 20.3 Å². The van der Waals surface area contributed by atoms with Crippen LogP contribution in [0.15, 0.2) is 67.1 Å². The van der Waals surface area contributed by atoms with Crippen LogP contribution in [0.4, 0.5) is 10.2 Å². The largest absolute Gasteiger partial charge is 0.306 e. The van der Waals surface area contributed by atoms with E-state index in [0.29, 0.717) is 16.7 Å². The van der Waals surface area contributed by atoms with Crippen molar-refractivity contribution >= 4 is 28.4 Å². The second-order valence-electron chi connectivity index (χ2n) is 6.44. The van der Waals surface area contributed by atoms with Gasteiger partial charge in [-0.3, -0.25) is 19.6 Å². The number of nitrogens with one attached hydrogen (secondary N) is 1. The van der Waals surface area contributed by atoms with Gasteiger partial charge in [0.1, 0.15) is 11.6 Å². The molecular weight excluding hydrogens is 371 g/mol. The van der Waals surface area contributed by atoms with Crippen LogP contribution in [0.2, 0.25) is 0 Å². The van der Waals surface area contributed by atoms with Crippen molar-refractivity contribution in [2.45, 2.75) is 6.92 Å². The lowest BCUT2D eigenvalue weighted by atomic mass is 9.98. The summed E-state index contributed by atoms with van der Waals surface area (Å²) >= 11 is 0. The first-order valence-corrected chi connectivity index (χ1v) is 8.80. The van der Waals surface area contributed by atoms with E-state index in [1.165, 1.54) is 12.3 Å². The quantitative estimate of drug-likeness (QED) is 0.537. The number of carbonyl (C=O) groups is 2. The number of pyridine rings is 3. The standard InChI is InChI=1S/C22H15FN4O2/c1-13-4-2-6-19(26-13)27-22(29)18-10-15(8-14-5-3-7-25-20(14)18)21(28)16-9-17(23)12-24-11-16/h2-12H,1H3,(H,26,27,29). The van der Waals surface area contributed by atoms with Crippen LogP contribution in [0.1, 0.15) is 32.0 Å². The third-order valence-corrected chi connectivity index (χ3v) is 4.31. The number of hydrogen-bond donors (Lipinski definition) is 1. The van der Waals surface area contributed by atoms with Crippen molar-refractivity contribution < 1.29 is 14.0 Å². The average Bonchev–Trinajstić information content (AvgIpc) is 2.72. The number of amides is 1. The maximum atomic E-state index is 13.5. The molecule has 0 aliphatic rings. The normalized spacial score (nSPS) is 10.7. The smallest absolute Gasteiger partial charge is 0.259 e. The van der Waals surface area contributed by atoms with Gasteiger partial charge in [0.2, 0.25) is 0 Å². The van der Waals surface area contributed by atoms with E-state index in [4.69, 9.17) is 0 Å². The number of hydrogen-bond acceptors (Lipinski definition) is 5. The molecule has 0 radical (unpaired) electrons. The Balaban J connectivity index is 1.78. The Morgan fingerprint density at radius 3 is 2.66 bits per heavy atom. The topological polar surface area (TPSA) is 84.8 Å². The van der Waals surface area contributed by atoms with E-state index in [-0.39, 0.29) is 16.7 Å². The minimum Gasteiger partial charge on any atom is -0.306 e. The summed E-state index contributed by atoms with van der Waals surface area (Å²) in [7, 11) is 0. The Kier molecular flexibility index (Phi) is 4.78. The Hall–Kier alpha value is -4.00. The van der Waals surface area contributed by atoms with Crippen molar-refractivity contribution in [3.8, 4) is 0 Å². The van der Waals surface area contributed by atoms with Crippen molar-refractivity contribution in [3.63, 3.8) is 0 Å². The van der Waals surface area contributed by atoms with Crippen LogP contribution in [-0.4, -0.2) is 26.6 Å². The minimum absolute atomic E-state index is 0.0972. The maximum Gasteiger partial charge on any atom is 0.259 e. The van der Waals surface area contributed by atoms with Gasteiger partial charge in [0, 0.05) is 34.6 Å². The maximum absolute atomic E-state index is 13.5. The first-order chi connectivity index (χ1) is 14.0. The zero-order chi connectivity index (χ0) is 20.4. The number of carbonyl (C=O) groups excluding carboxylic acids is 2. The van der Waals surface area contributed by atoms with E-state index >= 15 is 0 Å². The van der Waals surface area contributed by atoms with Crippen molar-refractivity contribution in [2.24, 2.45) is 0 Å². The van der Waals surface area contributed by atoms with E-state index in [0.717, 1.165) is 18.0 Å². The Morgan fingerprint density at radius 1 is 1.00 bits per heavy atom. The SMILES string of the molecule is Cc1cccc(NC(=O)c2cc(C(=O)c3cncc(F)c3)cc3cccnc23)n1. The van der Waals surface area contributed by atoms with Crippen molar-refractivity contribution in [2.75, 3.05) is 5.32 Å². The third kappa shape index (κ3) is 3.84. The van der Waals surface area contributed by atoms with Gasteiger partial charge in [-0.15, -0.1) is 0 Å². The molecule has 0 saturated carbocycles. The van der Waals surface area contributed by atoms with Crippen molar-refractivity contribution in [3.05, 3.63) is 95.3 Å². The molecule has 0 spiro atoms. The number of anilines is 1. The number of halogens is 1. The third-order valence-electron chi connectivity index (χ3n) is 4.31. The molecule has 29 heavy (non-hydrogen) atoms. The molecule has 6 nitrogen and oxygen atoms in total.